The largest absolute Gasteiger partial charge is 0.435 e. The number of hydrogen-bond acceptors (Lipinski definition) is 5. The van der Waals surface area contributed by atoms with E-state index in [1.807, 2.05) is 25.1 Å². The lowest BCUT2D eigenvalue weighted by atomic mass is 10.0. The number of halogens is 4. The van der Waals surface area contributed by atoms with Gasteiger partial charge in [0.2, 0.25) is 0 Å². The van der Waals surface area contributed by atoms with Gasteiger partial charge in [-0.25, -0.2) is 9.97 Å². The molecule has 0 N–H and O–H groups in total. The molecule has 0 fully saturated rings. The van der Waals surface area contributed by atoms with Crippen LogP contribution in [-0.2, 0) is 26.2 Å². The van der Waals surface area contributed by atoms with E-state index in [-0.39, 0.29) is 0 Å². The summed E-state index contributed by atoms with van der Waals surface area (Å²) >= 11 is 6.22. The molecule has 32 heavy (non-hydrogen) atoms. The van der Waals surface area contributed by atoms with E-state index in [4.69, 9.17) is 11.6 Å². The lowest BCUT2D eigenvalue weighted by molar-refractivity contribution is -0.141. The topological polar surface area (TPSA) is 59.7 Å². The van der Waals surface area contributed by atoms with Crippen LogP contribution in [0, 0.1) is 6.92 Å². The molecule has 1 aliphatic heterocycles. The van der Waals surface area contributed by atoms with Crippen molar-refractivity contribution in [3.63, 3.8) is 0 Å². The number of rotatable bonds is 2. The molecule has 0 saturated carbocycles. The van der Waals surface area contributed by atoms with Crippen LogP contribution in [0.1, 0.15) is 22.8 Å². The Morgan fingerprint density at radius 1 is 1.09 bits per heavy atom. The van der Waals surface area contributed by atoms with Crippen LogP contribution in [0.4, 0.5) is 19.0 Å². The van der Waals surface area contributed by atoms with E-state index in [1.54, 1.807) is 12.3 Å². The second-order valence-electron chi connectivity index (χ2n) is 7.79. The highest BCUT2D eigenvalue weighted by atomic mass is 35.5. The Hall–Kier alpha value is -3.20. The molecule has 4 heterocycles. The summed E-state index contributed by atoms with van der Waals surface area (Å²) in [5, 5.41) is 5.07. The third-order valence-corrected chi connectivity index (χ3v) is 5.79. The molecule has 0 aliphatic carbocycles. The van der Waals surface area contributed by atoms with Crippen LogP contribution in [0.3, 0.4) is 0 Å². The van der Waals surface area contributed by atoms with E-state index in [9.17, 15) is 13.2 Å². The summed E-state index contributed by atoms with van der Waals surface area (Å²) in [5.74, 6) is 1.44. The van der Waals surface area contributed by atoms with Crippen molar-refractivity contribution in [2.24, 2.45) is 7.05 Å². The van der Waals surface area contributed by atoms with Crippen LogP contribution in [0.2, 0.25) is 5.02 Å². The molecule has 1 aromatic carbocycles. The van der Waals surface area contributed by atoms with Gasteiger partial charge >= 0.3 is 6.18 Å². The smallest absolute Gasteiger partial charge is 0.351 e. The summed E-state index contributed by atoms with van der Waals surface area (Å²) < 4.78 is 40.5. The lowest BCUT2D eigenvalue weighted by Gasteiger charge is -2.30. The molecule has 4 aromatic rings. The Morgan fingerprint density at radius 3 is 2.66 bits per heavy atom. The summed E-state index contributed by atoms with van der Waals surface area (Å²) in [4.78, 5) is 15.8. The number of pyridine rings is 1. The van der Waals surface area contributed by atoms with Crippen molar-refractivity contribution in [2.75, 3.05) is 11.4 Å². The molecule has 0 bridgehead atoms. The predicted octanol–water partition coefficient (Wildman–Crippen LogP) is 4.97. The number of anilines is 1. The zero-order chi connectivity index (χ0) is 22.6. The summed E-state index contributed by atoms with van der Waals surface area (Å²) in [6, 6.07) is 8.45. The van der Waals surface area contributed by atoms with E-state index in [0.29, 0.717) is 41.6 Å². The first-order valence-corrected chi connectivity index (χ1v) is 10.3. The Bertz CT molecular complexity index is 1350. The van der Waals surface area contributed by atoms with E-state index in [1.165, 1.54) is 11.7 Å². The second kappa shape index (κ2) is 7.44. The summed E-state index contributed by atoms with van der Waals surface area (Å²) in [6.07, 6.45) is -2.20. The SMILES string of the molecule is Cc1nc(N2CCc3ncc(-c4cc(C(F)(F)F)nn4C)cc3C2)c2cc(Cl)ccc2n1. The van der Waals surface area contributed by atoms with Crippen LogP contribution in [0.25, 0.3) is 22.2 Å². The van der Waals surface area contributed by atoms with E-state index < -0.39 is 11.9 Å². The number of alkyl halides is 3. The number of benzene rings is 1. The maximum atomic E-state index is 13.1. The first-order chi connectivity index (χ1) is 15.2. The molecule has 0 saturated heterocycles. The van der Waals surface area contributed by atoms with Gasteiger partial charge in [-0.05, 0) is 42.8 Å². The fourth-order valence-corrected chi connectivity index (χ4v) is 4.23. The highest BCUT2D eigenvalue weighted by molar-refractivity contribution is 6.31. The van der Waals surface area contributed by atoms with Gasteiger partial charge in [-0.3, -0.25) is 9.67 Å². The van der Waals surface area contributed by atoms with Gasteiger partial charge in [0.05, 0.1) is 11.2 Å². The average molecular weight is 459 g/mol. The van der Waals surface area contributed by atoms with Crippen molar-refractivity contribution in [3.8, 4) is 11.3 Å². The molecule has 5 rings (SSSR count). The third-order valence-electron chi connectivity index (χ3n) is 5.55. The maximum Gasteiger partial charge on any atom is 0.435 e. The number of fused-ring (bicyclic) bond motifs is 2. The molecule has 164 valence electrons. The van der Waals surface area contributed by atoms with Gasteiger partial charge in [0, 0.05) is 54.4 Å². The Labute approximate surface area is 186 Å². The molecule has 0 amide bonds. The third kappa shape index (κ3) is 3.66. The molecular formula is C22H18ClF3N6. The van der Waals surface area contributed by atoms with Gasteiger partial charge in [-0.15, -0.1) is 0 Å². The Balaban J connectivity index is 1.53. The molecule has 0 spiro atoms. The van der Waals surface area contributed by atoms with Crippen LogP contribution < -0.4 is 4.90 Å². The first-order valence-electron chi connectivity index (χ1n) is 9.97. The summed E-state index contributed by atoms with van der Waals surface area (Å²) in [5.41, 5.74) is 2.70. The number of hydrogen-bond donors (Lipinski definition) is 0. The first kappa shape index (κ1) is 20.7. The molecule has 3 aromatic heterocycles. The predicted molar refractivity (Wildman–Crippen MR) is 115 cm³/mol. The number of aryl methyl sites for hydroxylation is 2. The van der Waals surface area contributed by atoms with Gasteiger partial charge in [0.25, 0.3) is 0 Å². The number of aromatic nitrogens is 5. The maximum absolute atomic E-state index is 13.1. The van der Waals surface area contributed by atoms with Crippen molar-refractivity contribution in [2.45, 2.75) is 26.1 Å². The summed E-state index contributed by atoms with van der Waals surface area (Å²) in [7, 11) is 1.50. The molecule has 10 heteroatoms. The van der Waals surface area contributed by atoms with Gasteiger partial charge < -0.3 is 4.90 Å². The highest BCUT2D eigenvalue weighted by Gasteiger charge is 2.35. The average Bonchev–Trinajstić information content (AvgIpc) is 3.15. The lowest BCUT2D eigenvalue weighted by Crippen LogP contribution is -2.32. The van der Waals surface area contributed by atoms with Crippen LogP contribution in [0.5, 0.6) is 0 Å². The monoisotopic (exact) mass is 458 g/mol. The van der Waals surface area contributed by atoms with Crippen molar-refractivity contribution < 1.29 is 13.2 Å². The fraction of sp³-hybridized carbons (Fsp3) is 0.273. The molecule has 0 atom stereocenters. The van der Waals surface area contributed by atoms with E-state index in [0.717, 1.165) is 34.0 Å². The minimum atomic E-state index is -4.50. The van der Waals surface area contributed by atoms with Crippen molar-refractivity contribution in [3.05, 3.63) is 64.3 Å². The van der Waals surface area contributed by atoms with Crippen LogP contribution in [-0.4, -0.2) is 31.3 Å². The molecular weight excluding hydrogens is 441 g/mol. The Kier molecular flexibility index (Phi) is 4.81. The minimum absolute atomic E-state index is 0.361. The van der Waals surface area contributed by atoms with Crippen molar-refractivity contribution >= 4 is 28.3 Å². The van der Waals surface area contributed by atoms with Crippen LogP contribution in [0.15, 0.2) is 36.5 Å². The molecule has 0 radical (unpaired) electrons. The van der Waals surface area contributed by atoms with Gasteiger partial charge in [-0.2, -0.15) is 18.3 Å². The summed E-state index contributed by atoms with van der Waals surface area (Å²) in [6.45, 7) is 3.08. The number of nitrogens with zero attached hydrogens (tertiary/aromatic N) is 6. The van der Waals surface area contributed by atoms with Gasteiger partial charge in [0.15, 0.2) is 5.69 Å². The van der Waals surface area contributed by atoms with E-state index >= 15 is 0 Å². The van der Waals surface area contributed by atoms with Crippen molar-refractivity contribution in [1.29, 1.82) is 0 Å². The highest BCUT2D eigenvalue weighted by Crippen LogP contribution is 2.34. The Morgan fingerprint density at radius 2 is 1.91 bits per heavy atom. The van der Waals surface area contributed by atoms with E-state index in [2.05, 4.69) is 25.0 Å². The minimum Gasteiger partial charge on any atom is -0.351 e. The molecule has 6 nitrogen and oxygen atoms in total. The normalized spacial score (nSPS) is 14.1. The van der Waals surface area contributed by atoms with Crippen molar-refractivity contribution in [1.82, 2.24) is 24.7 Å². The fourth-order valence-electron chi connectivity index (χ4n) is 4.06. The standard InChI is InChI=1S/C22H18ClF3N6/c1-12-28-18-4-3-15(23)8-16(18)21(29-12)32-6-5-17-14(11-32)7-13(10-27-17)19-9-20(22(24,25)26)30-31(19)2/h3-4,7-10H,5-6,11H2,1-2H3. The zero-order valence-corrected chi connectivity index (χ0v) is 18.0. The van der Waals surface area contributed by atoms with Gasteiger partial charge in [-0.1, -0.05) is 11.6 Å². The molecule has 0 unspecified atom stereocenters. The quantitative estimate of drug-likeness (QED) is 0.424. The van der Waals surface area contributed by atoms with Crippen LogP contribution >= 0.6 is 11.6 Å². The zero-order valence-electron chi connectivity index (χ0n) is 17.3. The second-order valence-corrected chi connectivity index (χ2v) is 8.23. The van der Waals surface area contributed by atoms with Gasteiger partial charge in [0.1, 0.15) is 11.6 Å². The molecule has 1 aliphatic rings.